The second kappa shape index (κ2) is 19.2. The quantitative estimate of drug-likeness (QED) is 0.164. The fraction of sp³-hybridized carbons (Fsp3) is 0.714. The molecule has 0 saturated carbocycles. The molecule has 0 atom stereocenters. The van der Waals surface area contributed by atoms with E-state index in [0.717, 1.165) is 6.42 Å². The zero-order valence-electron chi connectivity index (χ0n) is 14.7. The van der Waals surface area contributed by atoms with Crippen molar-refractivity contribution in [3.63, 3.8) is 0 Å². The number of hydrogen-bond donors (Lipinski definition) is 0. The molecule has 0 heteroatoms. The summed E-state index contributed by atoms with van der Waals surface area (Å²) in [6.07, 6.45) is 31.0. The predicted octanol–water partition coefficient (Wildman–Crippen LogP) is 7.77. The zero-order chi connectivity index (χ0) is 15.4. The Morgan fingerprint density at radius 3 is 1.76 bits per heavy atom. The van der Waals surface area contributed by atoms with Gasteiger partial charge in [-0.25, -0.2) is 0 Å². The molecular formula is C21H38. The number of unbranched alkanes of at least 4 members (excludes halogenated alkanes) is 10. The lowest BCUT2D eigenvalue weighted by Gasteiger charge is -2.00. The van der Waals surface area contributed by atoms with Gasteiger partial charge in [0.25, 0.3) is 0 Å². The molecule has 21 heavy (non-hydrogen) atoms. The van der Waals surface area contributed by atoms with E-state index in [4.69, 9.17) is 0 Å². The highest BCUT2D eigenvalue weighted by molar-refractivity contribution is 5.04. The number of rotatable bonds is 15. The molecule has 0 aromatic carbocycles. The van der Waals surface area contributed by atoms with Crippen molar-refractivity contribution in [1.82, 2.24) is 0 Å². The van der Waals surface area contributed by atoms with Crippen molar-refractivity contribution in [2.45, 2.75) is 97.3 Å². The van der Waals surface area contributed by atoms with E-state index in [1.807, 2.05) is 0 Å². The number of hydrogen-bond acceptors (Lipinski definition) is 0. The van der Waals surface area contributed by atoms with Crippen LogP contribution in [0.15, 0.2) is 36.5 Å². The van der Waals surface area contributed by atoms with E-state index < -0.39 is 0 Å². The van der Waals surface area contributed by atoms with E-state index in [-0.39, 0.29) is 0 Å². The maximum atomic E-state index is 2.35. The standard InChI is InChI=1S/C21H38/c1-3-5-7-9-11-13-15-17-19-21-20-18-16-14-12-10-8-6-4-2/h7,9,11,13,17,19H,3-6,8,10,12,14-16,18,20-21H2,1-2H3. The number of allylic oxidation sites excluding steroid dienone is 6. The summed E-state index contributed by atoms with van der Waals surface area (Å²) in [4.78, 5) is 0. The summed E-state index contributed by atoms with van der Waals surface area (Å²) >= 11 is 0. The van der Waals surface area contributed by atoms with Gasteiger partial charge in [0.15, 0.2) is 0 Å². The molecule has 0 aromatic heterocycles. The molecule has 0 nitrogen and oxygen atoms in total. The molecule has 0 unspecified atom stereocenters. The molecular weight excluding hydrogens is 252 g/mol. The van der Waals surface area contributed by atoms with E-state index in [1.54, 1.807) is 0 Å². The lowest BCUT2D eigenvalue weighted by atomic mass is 10.1. The Balaban J connectivity index is 3.18. The Labute approximate surface area is 134 Å². The highest BCUT2D eigenvalue weighted by Gasteiger charge is 1.90. The van der Waals surface area contributed by atoms with Crippen LogP contribution in [0.25, 0.3) is 0 Å². The zero-order valence-corrected chi connectivity index (χ0v) is 14.7. The first-order valence-electron chi connectivity index (χ1n) is 9.38. The molecule has 0 aliphatic rings. The van der Waals surface area contributed by atoms with E-state index in [2.05, 4.69) is 50.3 Å². The van der Waals surface area contributed by atoms with Gasteiger partial charge in [0.05, 0.1) is 0 Å². The minimum Gasteiger partial charge on any atom is -0.0882 e. The summed E-state index contributed by atoms with van der Waals surface area (Å²) in [6, 6.07) is 0. The van der Waals surface area contributed by atoms with Crippen LogP contribution in [-0.4, -0.2) is 0 Å². The Kier molecular flexibility index (Phi) is 18.5. The minimum absolute atomic E-state index is 1.08. The highest BCUT2D eigenvalue weighted by atomic mass is 14.0. The van der Waals surface area contributed by atoms with Crippen LogP contribution in [0.4, 0.5) is 0 Å². The second-order valence-corrected chi connectivity index (χ2v) is 5.97. The van der Waals surface area contributed by atoms with Crippen LogP contribution in [0, 0.1) is 0 Å². The van der Waals surface area contributed by atoms with Crippen LogP contribution in [-0.2, 0) is 0 Å². The van der Waals surface area contributed by atoms with Gasteiger partial charge in [0.1, 0.15) is 0 Å². The van der Waals surface area contributed by atoms with Crippen LogP contribution in [0.1, 0.15) is 97.3 Å². The topological polar surface area (TPSA) is 0 Å². The van der Waals surface area contributed by atoms with Gasteiger partial charge in [-0.1, -0.05) is 108 Å². The van der Waals surface area contributed by atoms with E-state index in [1.165, 1.54) is 77.0 Å². The summed E-state index contributed by atoms with van der Waals surface area (Å²) in [5, 5.41) is 0. The van der Waals surface area contributed by atoms with Crippen LogP contribution in [0.3, 0.4) is 0 Å². The highest BCUT2D eigenvalue weighted by Crippen LogP contribution is 2.10. The van der Waals surface area contributed by atoms with Gasteiger partial charge in [0, 0.05) is 0 Å². The van der Waals surface area contributed by atoms with Crippen LogP contribution in [0.2, 0.25) is 0 Å². The molecule has 0 spiro atoms. The SMILES string of the molecule is CCCC=CC=CCC=CCCCCCCCCCCC. The Bertz CT molecular complexity index is 257. The second-order valence-electron chi connectivity index (χ2n) is 5.97. The maximum Gasteiger partial charge on any atom is -0.0166 e. The van der Waals surface area contributed by atoms with Crippen molar-refractivity contribution in [3.8, 4) is 0 Å². The molecule has 0 radical (unpaired) electrons. The van der Waals surface area contributed by atoms with Gasteiger partial charge in [0.2, 0.25) is 0 Å². The predicted molar refractivity (Wildman–Crippen MR) is 98.8 cm³/mol. The summed E-state index contributed by atoms with van der Waals surface area (Å²) < 4.78 is 0. The fourth-order valence-corrected chi connectivity index (χ4v) is 2.36. The third-order valence-corrected chi connectivity index (χ3v) is 3.75. The molecule has 122 valence electrons. The van der Waals surface area contributed by atoms with Gasteiger partial charge >= 0.3 is 0 Å². The van der Waals surface area contributed by atoms with Gasteiger partial charge in [-0.05, 0) is 25.7 Å². The molecule has 0 aromatic rings. The molecule has 0 saturated heterocycles. The summed E-state index contributed by atoms with van der Waals surface area (Å²) in [5.74, 6) is 0. The monoisotopic (exact) mass is 290 g/mol. The van der Waals surface area contributed by atoms with Crippen LogP contribution >= 0.6 is 0 Å². The average molecular weight is 291 g/mol. The van der Waals surface area contributed by atoms with Gasteiger partial charge < -0.3 is 0 Å². The smallest absolute Gasteiger partial charge is 0.0166 e. The lowest BCUT2D eigenvalue weighted by molar-refractivity contribution is 0.566. The molecule has 0 aliphatic heterocycles. The Hall–Kier alpha value is -0.780. The first kappa shape index (κ1) is 20.2. The van der Waals surface area contributed by atoms with Crippen molar-refractivity contribution in [2.24, 2.45) is 0 Å². The van der Waals surface area contributed by atoms with Gasteiger partial charge in [-0.2, -0.15) is 0 Å². The first-order valence-corrected chi connectivity index (χ1v) is 9.38. The summed E-state index contributed by atoms with van der Waals surface area (Å²) in [6.45, 7) is 4.50. The van der Waals surface area contributed by atoms with Crippen LogP contribution in [0.5, 0.6) is 0 Å². The minimum atomic E-state index is 1.08. The average Bonchev–Trinajstić information content (AvgIpc) is 2.50. The summed E-state index contributed by atoms with van der Waals surface area (Å²) in [5.41, 5.74) is 0. The molecule has 0 N–H and O–H groups in total. The lowest BCUT2D eigenvalue weighted by Crippen LogP contribution is -1.80. The molecule has 0 heterocycles. The molecule has 0 rings (SSSR count). The normalized spacial score (nSPS) is 12.3. The van der Waals surface area contributed by atoms with Crippen molar-refractivity contribution < 1.29 is 0 Å². The van der Waals surface area contributed by atoms with Crippen LogP contribution < -0.4 is 0 Å². The molecule has 0 fully saturated rings. The van der Waals surface area contributed by atoms with Gasteiger partial charge in [-0.15, -0.1) is 0 Å². The third-order valence-electron chi connectivity index (χ3n) is 3.75. The fourth-order valence-electron chi connectivity index (χ4n) is 2.36. The van der Waals surface area contributed by atoms with E-state index in [9.17, 15) is 0 Å². The molecule has 0 amide bonds. The maximum absolute atomic E-state index is 2.35. The largest absolute Gasteiger partial charge is 0.0882 e. The molecule has 0 bridgehead atoms. The van der Waals surface area contributed by atoms with Crippen molar-refractivity contribution in [1.29, 1.82) is 0 Å². The Morgan fingerprint density at radius 1 is 0.476 bits per heavy atom. The van der Waals surface area contributed by atoms with Crippen molar-refractivity contribution in [3.05, 3.63) is 36.5 Å². The first-order chi connectivity index (χ1) is 10.4. The van der Waals surface area contributed by atoms with E-state index in [0.29, 0.717) is 0 Å². The summed E-state index contributed by atoms with van der Waals surface area (Å²) in [7, 11) is 0. The van der Waals surface area contributed by atoms with Gasteiger partial charge in [-0.3, -0.25) is 0 Å². The molecule has 0 aliphatic carbocycles. The Morgan fingerprint density at radius 2 is 1.10 bits per heavy atom. The third kappa shape index (κ3) is 19.2. The van der Waals surface area contributed by atoms with Crippen molar-refractivity contribution >= 4 is 0 Å². The van der Waals surface area contributed by atoms with Crippen molar-refractivity contribution in [2.75, 3.05) is 0 Å². The van der Waals surface area contributed by atoms with E-state index >= 15 is 0 Å².